The summed E-state index contributed by atoms with van der Waals surface area (Å²) in [6.45, 7) is 8.82. The van der Waals surface area contributed by atoms with Gasteiger partial charge in [-0.25, -0.2) is 0 Å². The highest BCUT2D eigenvalue weighted by atomic mass is 16.1. The van der Waals surface area contributed by atoms with Crippen molar-refractivity contribution in [3.63, 3.8) is 0 Å². The van der Waals surface area contributed by atoms with Crippen LogP contribution in [0.15, 0.2) is 48.5 Å². The minimum absolute atomic E-state index is 0.0561. The van der Waals surface area contributed by atoms with E-state index in [0.29, 0.717) is 17.6 Å². The highest BCUT2D eigenvalue weighted by Gasteiger charge is 2.44. The quantitative estimate of drug-likeness (QED) is 0.757. The van der Waals surface area contributed by atoms with E-state index in [1.54, 1.807) is 0 Å². The van der Waals surface area contributed by atoms with Crippen molar-refractivity contribution in [3.05, 3.63) is 70.8 Å². The first-order valence-corrected chi connectivity index (χ1v) is 10.8. The number of aryl methyl sites for hydroxylation is 1. The first-order chi connectivity index (χ1) is 13.9. The number of likely N-dealkylation sites (N-methyl/N-ethyl adjacent to an activating group) is 1. The van der Waals surface area contributed by atoms with Crippen LogP contribution in [0.2, 0.25) is 0 Å². The number of primary amides is 1. The predicted octanol–water partition coefficient (Wildman–Crippen LogP) is 3.53. The lowest BCUT2D eigenvalue weighted by molar-refractivity contribution is 0.0886. The van der Waals surface area contributed by atoms with E-state index in [1.165, 1.54) is 16.7 Å². The Kier molecular flexibility index (Phi) is 6.76. The average molecular weight is 394 g/mol. The van der Waals surface area contributed by atoms with Gasteiger partial charge in [-0.15, -0.1) is 0 Å². The standard InChI is InChI=1S/C25H35N3O/c1-5-20-11-12-21(24(26)29)17-22(20)25(3)14-16-28(4)18(2)23(25)27-15-13-19-9-7-6-8-10-19/h6-12,17-18,23,27H,5,13-16H2,1-4H3,(H2,26,29)/t18?,23-,25?/m1/s1. The normalized spacial score (nSPS) is 25.1. The number of hydrogen-bond acceptors (Lipinski definition) is 3. The minimum Gasteiger partial charge on any atom is -0.366 e. The van der Waals surface area contributed by atoms with Crippen LogP contribution in [-0.2, 0) is 18.3 Å². The molecule has 29 heavy (non-hydrogen) atoms. The fourth-order valence-electron chi connectivity index (χ4n) is 4.84. The van der Waals surface area contributed by atoms with E-state index >= 15 is 0 Å². The molecule has 4 nitrogen and oxygen atoms in total. The number of rotatable bonds is 7. The Morgan fingerprint density at radius 2 is 1.97 bits per heavy atom. The summed E-state index contributed by atoms with van der Waals surface area (Å²) in [5.41, 5.74) is 10.1. The van der Waals surface area contributed by atoms with Gasteiger partial charge in [-0.2, -0.15) is 0 Å². The lowest BCUT2D eigenvalue weighted by atomic mass is 9.66. The Hall–Kier alpha value is -2.17. The van der Waals surface area contributed by atoms with E-state index in [2.05, 4.69) is 74.4 Å². The van der Waals surface area contributed by atoms with Crippen molar-refractivity contribution in [1.82, 2.24) is 10.2 Å². The van der Waals surface area contributed by atoms with Gasteiger partial charge in [-0.1, -0.05) is 50.2 Å². The lowest BCUT2D eigenvalue weighted by Gasteiger charge is -2.50. The maximum atomic E-state index is 11.9. The first kappa shape index (κ1) is 21.5. The van der Waals surface area contributed by atoms with Crippen LogP contribution in [0.3, 0.4) is 0 Å². The Labute approximate surface area is 175 Å². The number of piperidine rings is 1. The fourth-order valence-corrected chi connectivity index (χ4v) is 4.84. The molecule has 0 bridgehead atoms. The summed E-state index contributed by atoms with van der Waals surface area (Å²) in [5.74, 6) is -0.355. The van der Waals surface area contributed by atoms with Gasteiger partial charge < -0.3 is 16.0 Å². The molecule has 2 aromatic carbocycles. The van der Waals surface area contributed by atoms with Crippen molar-refractivity contribution in [2.24, 2.45) is 5.73 Å². The van der Waals surface area contributed by atoms with Crippen LogP contribution in [0.5, 0.6) is 0 Å². The van der Waals surface area contributed by atoms with Crippen molar-refractivity contribution in [1.29, 1.82) is 0 Å². The van der Waals surface area contributed by atoms with E-state index in [9.17, 15) is 4.79 Å². The molecule has 1 saturated heterocycles. The highest BCUT2D eigenvalue weighted by molar-refractivity contribution is 5.93. The molecule has 156 valence electrons. The predicted molar refractivity (Wildman–Crippen MR) is 120 cm³/mol. The van der Waals surface area contributed by atoms with Gasteiger partial charge in [0.15, 0.2) is 0 Å². The number of hydrogen-bond donors (Lipinski definition) is 2. The number of carbonyl (C=O) groups is 1. The van der Waals surface area contributed by atoms with Gasteiger partial charge in [0.25, 0.3) is 0 Å². The fraction of sp³-hybridized carbons (Fsp3) is 0.480. The molecule has 1 aliphatic heterocycles. The first-order valence-electron chi connectivity index (χ1n) is 10.8. The van der Waals surface area contributed by atoms with Crippen LogP contribution in [0, 0.1) is 0 Å². The monoisotopic (exact) mass is 393 g/mol. The molecule has 4 heteroatoms. The maximum Gasteiger partial charge on any atom is 0.248 e. The van der Waals surface area contributed by atoms with E-state index in [-0.39, 0.29) is 11.3 Å². The number of benzene rings is 2. The molecule has 3 N–H and O–H groups in total. The molecule has 0 saturated carbocycles. The third-order valence-electron chi connectivity index (χ3n) is 6.86. The van der Waals surface area contributed by atoms with Crippen LogP contribution >= 0.6 is 0 Å². The molecule has 0 spiro atoms. The minimum atomic E-state index is -0.355. The third-order valence-corrected chi connectivity index (χ3v) is 6.86. The van der Waals surface area contributed by atoms with Crippen molar-refractivity contribution < 1.29 is 4.79 Å². The van der Waals surface area contributed by atoms with Crippen LogP contribution in [0.1, 0.15) is 54.2 Å². The Bertz CT molecular complexity index is 835. The molecule has 2 unspecified atom stereocenters. The van der Waals surface area contributed by atoms with Crippen molar-refractivity contribution in [2.45, 2.75) is 57.5 Å². The van der Waals surface area contributed by atoms with Gasteiger partial charge >= 0.3 is 0 Å². The van der Waals surface area contributed by atoms with E-state index in [0.717, 1.165) is 32.4 Å². The van der Waals surface area contributed by atoms with Crippen LogP contribution in [0.25, 0.3) is 0 Å². The van der Waals surface area contributed by atoms with Gasteiger partial charge in [-0.3, -0.25) is 4.79 Å². The molecule has 1 fully saturated rings. The van der Waals surface area contributed by atoms with Gasteiger partial charge in [0, 0.05) is 23.1 Å². The summed E-state index contributed by atoms with van der Waals surface area (Å²) < 4.78 is 0. The molecule has 0 aromatic heterocycles. The largest absolute Gasteiger partial charge is 0.366 e. The summed E-state index contributed by atoms with van der Waals surface area (Å²) in [5, 5.41) is 3.88. The van der Waals surface area contributed by atoms with Gasteiger partial charge in [0.1, 0.15) is 0 Å². The molecule has 1 heterocycles. The molecule has 2 aromatic rings. The molecule has 3 atom stereocenters. The SMILES string of the molecule is CCc1ccc(C(N)=O)cc1C1(C)CCN(C)C(C)[C@H]1NCCc1ccccc1. The molecule has 0 aliphatic carbocycles. The molecule has 1 amide bonds. The van der Waals surface area contributed by atoms with Crippen LogP contribution in [0.4, 0.5) is 0 Å². The average Bonchev–Trinajstić information content (AvgIpc) is 2.73. The zero-order valence-electron chi connectivity index (χ0n) is 18.2. The number of likely N-dealkylation sites (tertiary alicyclic amines) is 1. The second kappa shape index (κ2) is 9.10. The smallest absolute Gasteiger partial charge is 0.248 e. The summed E-state index contributed by atoms with van der Waals surface area (Å²) in [6.07, 6.45) is 3.00. The number of nitrogens with two attached hydrogens (primary N) is 1. The number of amides is 1. The van der Waals surface area contributed by atoms with Crippen molar-refractivity contribution >= 4 is 5.91 Å². The lowest BCUT2D eigenvalue weighted by Crippen LogP contribution is -2.62. The van der Waals surface area contributed by atoms with Crippen LogP contribution < -0.4 is 11.1 Å². The van der Waals surface area contributed by atoms with Gasteiger partial charge in [0.05, 0.1) is 0 Å². The van der Waals surface area contributed by atoms with Crippen LogP contribution in [-0.4, -0.2) is 43.0 Å². The number of nitrogens with zero attached hydrogens (tertiary/aromatic N) is 1. The second-order valence-corrected chi connectivity index (χ2v) is 8.65. The van der Waals surface area contributed by atoms with E-state index in [4.69, 9.17) is 5.73 Å². The Morgan fingerprint density at radius 3 is 2.62 bits per heavy atom. The molecule has 1 aliphatic rings. The Balaban J connectivity index is 1.91. The second-order valence-electron chi connectivity index (χ2n) is 8.65. The summed E-state index contributed by atoms with van der Waals surface area (Å²) in [6, 6.07) is 17.3. The summed E-state index contributed by atoms with van der Waals surface area (Å²) >= 11 is 0. The van der Waals surface area contributed by atoms with Crippen molar-refractivity contribution in [3.8, 4) is 0 Å². The Morgan fingerprint density at radius 1 is 1.24 bits per heavy atom. The van der Waals surface area contributed by atoms with Gasteiger partial charge in [-0.05, 0) is 75.1 Å². The molecule has 0 radical (unpaired) electrons. The zero-order valence-corrected chi connectivity index (χ0v) is 18.2. The summed E-state index contributed by atoms with van der Waals surface area (Å²) in [4.78, 5) is 14.3. The highest BCUT2D eigenvalue weighted by Crippen LogP contribution is 2.40. The number of carbonyl (C=O) groups excluding carboxylic acids is 1. The van der Waals surface area contributed by atoms with E-state index in [1.807, 2.05) is 12.1 Å². The summed E-state index contributed by atoms with van der Waals surface area (Å²) in [7, 11) is 2.21. The maximum absolute atomic E-state index is 11.9. The topological polar surface area (TPSA) is 58.4 Å². The third kappa shape index (κ3) is 4.54. The van der Waals surface area contributed by atoms with E-state index < -0.39 is 0 Å². The molecular formula is C25H35N3O. The molecular weight excluding hydrogens is 358 g/mol. The van der Waals surface area contributed by atoms with Gasteiger partial charge in [0.2, 0.25) is 5.91 Å². The number of nitrogens with one attached hydrogen (secondary N) is 1. The molecule has 3 rings (SSSR count). The zero-order chi connectivity index (χ0) is 21.0. The van der Waals surface area contributed by atoms with Crippen molar-refractivity contribution in [2.75, 3.05) is 20.1 Å².